The first-order chi connectivity index (χ1) is 6.16. The number of hydrogen-bond donors (Lipinski definition) is 3. The van der Waals surface area contributed by atoms with E-state index in [4.69, 9.17) is 10.2 Å². The van der Waals surface area contributed by atoms with Crippen LogP contribution in [-0.2, 0) is 10.1 Å². The molecular formula is C7H17NO5S. The molecule has 0 fully saturated rings. The number of quaternary nitrogens is 1. The van der Waals surface area contributed by atoms with Crippen LogP contribution < -0.4 is 5.32 Å². The standard InChI is InChI=1S/C7H17NO5S/c1-7(2,5-9)8-3-6(10)4-14(11,12)13/h6,8-10H,3-5H2,1-2H3,(H,11,12,13)/t6-/m1/s1. The lowest BCUT2D eigenvalue weighted by Crippen LogP contribution is -2.97. The summed E-state index contributed by atoms with van der Waals surface area (Å²) in [5.41, 5.74) is -0.479. The largest absolute Gasteiger partial charge is 0.748 e. The van der Waals surface area contributed by atoms with Crippen molar-refractivity contribution in [1.29, 1.82) is 0 Å². The first kappa shape index (κ1) is 13.8. The minimum atomic E-state index is -4.38. The summed E-state index contributed by atoms with van der Waals surface area (Å²) in [6.07, 6.45) is -1.19. The predicted octanol–water partition coefficient (Wildman–Crippen LogP) is -2.77. The van der Waals surface area contributed by atoms with E-state index in [1.165, 1.54) is 0 Å². The monoisotopic (exact) mass is 227 g/mol. The fourth-order valence-electron chi connectivity index (χ4n) is 0.823. The molecule has 0 aromatic rings. The topological polar surface area (TPSA) is 114 Å². The van der Waals surface area contributed by atoms with Gasteiger partial charge in [0.25, 0.3) is 0 Å². The molecule has 0 saturated carbocycles. The molecule has 0 aliphatic rings. The highest BCUT2D eigenvalue weighted by Gasteiger charge is 2.21. The van der Waals surface area contributed by atoms with Gasteiger partial charge in [-0.2, -0.15) is 0 Å². The zero-order valence-electron chi connectivity index (χ0n) is 8.30. The Hall–Kier alpha value is -0.210. The lowest BCUT2D eigenvalue weighted by molar-refractivity contribution is -0.726. The van der Waals surface area contributed by atoms with Gasteiger partial charge in [-0.1, -0.05) is 0 Å². The number of aliphatic hydroxyl groups excluding tert-OH is 2. The molecule has 0 rings (SSSR count). The molecule has 4 N–H and O–H groups in total. The van der Waals surface area contributed by atoms with Crippen LogP contribution in [0.3, 0.4) is 0 Å². The molecule has 0 heterocycles. The first-order valence-corrected chi connectivity index (χ1v) is 5.81. The first-order valence-electron chi connectivity index (χ1n) is 4.23. The molecule has 0 aliphatic heterocycles. The van der Waals surface area contributed by atoms with Crippen molar-refractivity contribution in [3.8, 4) is 0 Å². The van der Waals surface area contributed by atoms with Crippen LogP contribution in [0.25, 0.3) is 0 Å². The summed E-state index contributed by atoms with van der Waals surface area (Å²) in [5.74, 6) is -0.787. The number of aliphatic hydroxyl groups is 2. The molecule has 0 aromatic carbocycles. The van der Waals surface area contributed by atoms with E-state index in [2.05, 4.69) is 0 Å². The summed E-state index contributed by atoms with van der Waals surface area (Å²) in [6.45, 7) is 3.47. The number of hydrogen-bond acceptors (Lipinski definition) is 5. The number of rotatable bonds is 6. The Balaban J connectivity index is 3.92. The molecule has 0 saturated heterocycles. The lowest BCUT2D eigenvalue weighted by Gasteiger charge is -2.22. The highest BCUT2D eigenvalue weighted by atomic mass is 32.2. The Kier molecular flexibility index (Phi) is 4.96. The maximum atomic E-state index is 10.3. The summed E-state index contributed by atoms with van der Waals surface area (Å²) in [5, 5.41) is 19.6. The Morgan fingerprint density at radius 1 is 1.50 bits per heavy atom. The average Bonchev–Trinajstić information content (AvgIpc) is 1.98. The third-order valence-corrected chi connectivity index (χ3v) is 2.54. The molecule has 1 atom stereocenters. The van der Waals surface area contributed by atoms with Crippen molar-refractivity contribution in [2.75, 3.05) is 18.9 Å². The summed E-state index contributed by atoms with van der Waals surface area (Å²) >= 11 is 0. The van der Waals surface area contributed by atoms with E-state index in [0.29, 0.717) is 0 Å². The molecule has 14 heavy (non-hydrogen) atoms. The smallest absolute Gasteiger partial charge is 0.116 e. The quantitative estimate of drug-likeness (QED) is 0.425. The Morgan fingerprint density at radius 2 is 2.00 bits per heavy atom. The number of nitrogens with two attached hydrogens (primary N) is 1. The van der Waals surface area contributed by atoms with Gasteiger partial charge >= 0.3 is 0 Å². The van der Waals surface area contributed by atoms with Crippen LogP contribution in [0.1, 0.15) is 13.8 Å². The molecule has 0 unspecified atom stereocenters. The van der Waals surface area contributed by atoms with Crippen molar-refractivity contribution < 1.29 is 28.5 Å². The SMILES string of the molecule is CC(C)(CO)[NH2+]C[C@@H](O)CS(=O)(=O)[O-]. The minimum Gasteiger partial charge on any atom is -0.748 e. The van der Waals surface area contributed by atoms with Crippen LogP contribution in [-0.4, -0.2) is 53.7 Å². The zero-order chi connectivity index (χ0) is 11.4. The zero-order valence-corrected chi connectivity index (χ0v) is 9.12. The molecule has 0 amide bonds. The van der Waals surface area contributed by atoms with Gasteiger partial charge in [0.05, 0.1) is 22.5 Å². The fraction of sp³-hybridized carbons (Fsp3) is 1.00. The van der Waals surface area contributed by atoms with Crippen molar-refractivity contribution in [2.45, 2.75) is 25.5 Å². The second kappa shape index (κ2) is 5.04. The summed E-state index contributed by atoms with van der Waals surface area (Å²) in [4.78, 5) is 0. The van der Waals surface area contributed by atoms with E-state index >= 15 is 0 Å². The van der Waals surface area contributed by atoms with E-state index in [-0.39, 0.29) is 13.2 Å². The molecule has 0 bridgehead atoms. The second-order valence-corrected chi connectivity index (χ2v) is 5.41. The van der Waals surface area contributed by atoms with Gasteiger partial charge in [-0.3, -0.25) is 0 Å². The molecule has 0 spiro atoms. The van der Waals surface area contributed by atoms with Crippen LogP contribution in [0.15, 0.2) is 0 Å². The van der Waals surface area contributed by atoms with Crippen molar-refractivity contribution in [3.05, 3.63) is 0 Å². The lowest BCUT2D eigenvalue weighted by atomic mass is 10.1. The molecule has 0 aromatic heterocycles. The molecule has 86 valence electrons. The maximum absolute atomic E-state index is 10.3. The van der Waals surface area contributed by atoms with Crippen LogP contribution in [0, 0.1) is 0 Å². The molecule has 0 radical (unpaired) electrons. The average molecular weight is 227 g/mol. The van der Waals surface area contributed by atoms with Crippen molar-refractivity contribution in [2.24, 2.45) is 0 Å². The Labute approximate surface area is 83.7 Å². The van der Waals surface area contributed by atoms with Gasteiger partial charge in [0.15, 0.2) is 0 Å². The minimum absolute atomic E-state index is 0.0784. The van der Waals surface area contributed by atoms with E-state index in [0.717, 1.165) is 0 Å². The van der Waals surface area contributed by atoms with Gasteiger partial charge in [0.1, 0.15) is 18.2 Å². The molecule has 6 nitrogen and oxygen atoms in total. The predicted molar refractivity (Wildman–Crippen MR) is 48.5 cm³/mol. The Bertz CT molecular complexity index is 261. The normalized spacial score (nSPS) is 15.5. The van der Waals surface area contributed by atoms with Gasteiger partial charge in [0.2, 0.25) is 0 Å². The fourth-order valence-corrected chi connectivity index (χ4v) is 1.43. The van der Waals surface area contributed by atoms with Crippen LogP contribution in [0.4, 0.5) is 0 Å². The molecule has 0 aliphatic carbocycles. The third kappa shape index (κ3) is 7.22. The van der Waals surface area contributed by atoms with Gasteiger partial charge in [0, 0.05) is 0 Å². The summed E-state index contributed by atoms with van der Waals surface area (Å²) < 4.78 is 30.8. The van der Waals surface area contributed by atoms with E-state index < -0.39 is 27.5 Å². The van der Waals surface area contributed by atoms with Crippen molar-refractivity contribution in [1.82, 2.24) is 0 Å². The summed E-state index contributed by atoms with van der Waals surface area (Å²) in [6, 6.07) is 0. The van der Waals surface area contributed by atoms with Gasteiger partial charge in [-0.15, -0.1) is 0 Å². The van der Waals surface area contributed by atoms with Crippen LogP contribution in [0.5, 0.6) is 0 Å². The van der Waals surface area contributed by atoms with Gasteiger partial charge in [-0.25, -0.2) is 8.42 Å². The summed E-state index contributed by atoms with van der Waals surface area (Å²) in [7, 11) is -4.38. The Morgan fingerprint density at radius 3 is 2.36 bits per heavy atom. The van der Waals surface area contributed by atoms with E-state index in [9.17, 15) is 13.0 Å². The molecule has 7 heteroatoms. The van der Waals surface area contributed by atoms with Crippen LogP contribution in [0.2, 0.25) is 0 Å². The van der Waals surface area contributed by atoms with Crippen LogP contribution >= 0.6 is 0 Å². The maximum Gasteiger partial charge on any atom is 0.116 e. The van der Waals surface area contributed by atoms with Gasteiger partial charge < -0.3 is 20.1 Å². The van der Waals surface area contributed by atoms with Crippen molar-refractivity contribution >= 4 is 10.1 Å². The highest BCUT2D eigenvalue weighted by Crippen LogP contribution is 1.92. The third-order valence-electron chi connectivity index (χ3n) is 1.75. The van der Waals surface area contributed by atoms with Crippen molar-refractivity contribution in [3.63, 3.8) is 0 Å². The highest BCUT2D eigenvalue weighted by molar-refractivity contribution is 7.85. The van der Waals surface area contributed by atoms with Gasteiger partial charge in [-0.05, 0) is 13.8 Å². The van der Waals surface area contributed by atoms with E-state index in [1.54, 1.807) is 19.2 Å². The second-order valence-electron chi connectivity index (χ2n) is 3.96. The molecular weight excluding hydrogens is 210 g/mol. The van der Waals surface area contributed by atoms with E-state index in [1.807, 2.05) is 0 Å².